The Kier molecular flexibility index (Phi) is 4.33. The molecule has 0 bridgehead atoms. The first-order valence-electron chi connectivity index (χ1n) is 6.30. The van der Waals surface area contributed by atoms with Crippen LogP contribution >= 0.6 is 0 Å². The maximum atomic E-state index is 12.4. The normalized spacial score (nSPS) is 21.0. The number of carbonyl (C=O) groups excluding carboxylic acids is 1. The number of ether oxygens (including phenoxy) is 1. The van der Waals surface area contributed by atoms with Crippen LogP contribution in [0.15, 0.2) is 30.3 Å². The molecule has 1 aromatic carbocycles. The van der Waals surface area contributed by atoms with Gasteiger partial charge in [0, 0.05) is 20.2 Å². The molecule has 1 aliphatic heterocycles. The lowest BCUT2D eigenvalue weighted by molar-refractivity contribution is -0.132. The predicted molar refractivity (Wildman–Crippen MR) is 70.2 cm³/mol. The first-order chi connectivity index (χ1) is 8.76. The Morgan fingerprint density at radius 2 is 2.17 bits per heavy atom. The maximum absolute atomic E-state index is 12.4. The van der Waals surface area contributed by atoms with Crippen LogP contribution in [-0.2, 0) is 9.53 Å². The number of carbonyl (C=O) groups is 1. The first-order valence-corrected chi connectivity index (χ1v) is 6.30. The van der Waals surface area contributed by atoms with Crippen LogP contribution in [0, 0.1) is 0 Å². The highest BCUT2D eigenvalue weighted by atomic mass is 16.5. The van der Waals surface area contributed by atoms with Crippen LogP contribution in [0.3, 0.4) is 0 Å². The molecule has 1 amide bonds. The van der Waals surface area contributed by atoms with Crippen molar-refractivity contribution < 1.29 is 9.53 Å². The maximum Gasteiger partial charge on any atom is 0.244 e. The number of rotatable bonds is 4. The number of amides is 1. The zero-order valence-electron chi connectivity index (χ0n) is 10.9. The molecule has 2 unspecified atom stereocenters. The molecule has 0 radical (unpaired) electrons. The smallest absolute Gasteiger partial charge is 0.244 e. The van der Waals surface area contributed by atoms with E-state index in [4.69, 9.17) is 4.74 Å². The fourth-order valence-corrected chi connectivity index (χ4v) is 2.38. The van der Waals surface area contributed by atoms with E-state index < -0.39 is 0 Å². The van der Waals surface area contributed by atoms with E-state index in [2.05, 4.69) is 5.32 Å². The SMILES string of the molecule is CNC(C(=O)N1CCC(OC)C1)c1ccccc1. The molecule has 18 heavy (non-hydrogen) atoms. The largest absolute Gasteiger partial charge is 0.380 e. The second kappa shape index (κ2) is 5.98. The third kappa shape index (κ3) is 2.71. The molecular weight excluding hydrogens is 228 g/mol. The van der Waals surface area contributed by atoms with E-state index in [1.807, 2.05) is 42.3 Å². The van der Waals surface area contributed by atoms with Crippen LogP contribution in [0.25, 0.3) is 0 Å². The minimum Gasteiger partial charge on any atom is -0.380 e. The zero-order valence-corrected chi connectivity index (χ0v) is 10.9. The second-order valence-electron chi connectivity index (χ2n) is 4.56. The average molecular weight is 248 g/mol. The highest BCUT2D eigenvalue weighted by Gasteiger charge is 2.30. The molecule has 2 atom stereocenters. The van der Waals surface area contributed by atoms with Gasteiger partial charge in [-0.25, -0.2) is 0 Å². The molecule has 4 nitrogen and oxygen atoms in total. The predicted octanol–water partition coefficient (Wildman–Crippen LogP) is 1.19. The standard InChI is InChI=1S/C14H20N2O2/c1-15-13(11-6-4-3-5-7-11)14(17)16-9-8-12(10-16)18-2/h3-7,12-13,15H,8-10H2,1-2H3. The van der Waals surface area contributed by atoms with Crippen LogP contribution in [0.2, 0.25) is 0 Å². The van der Waals surface area contributed by atoms with Gasteiger partial charge in [0.05, 0.1) is 6.10 Å². The van der Waals surface area contributed by atoms with Crippen LogP contribution < -0.4 is 5.32 Å². The highest BCUT2D eigenvalue weighted by Crippen LogP contribution is 2.19. The van der Waals surface area contributed by atoms with Gasteiger partial charge in [-0.05, 0) is 19.0 Å². The van der Waals surface area contributed by atoms with Gasteiger partial charge in [0.15, 0.2) is 0 Å². The van der Waals surface area contributed by atoms with Crippen molar-refractivity contribution in [1.82, 2.24) is 10.2 Å². The van der Waals surface area contributed by atoms with E-state index in [-0.39, 0.29) is 18.1 Å². The van der Waals surface area contributed by atoms with Crippen LogP contribution in [-0.4, -0.2) is 44.2 Å². The molecular formula is C14H20N2O2. The summed E-state index contributed by atoms with van der Waals surface area (Å²) in [6.07, 6.45) is 1.11. The van der Waals surface area contributed by atoms with Gasteiger partial charge in [-0.3, -0.25) is 4.79 Å². The summed E-state index contributed by atoms with van der Waals surface area (Å²) in [5.41, 5.74) is 1.01. The molecule has 1 fully saturated rings. The van der Waals surface area contributed by atoms with Crippen molar-refractivity contribution >= 4 is 5.91 Å². The van der Waals surface area contributed by atoms with Crippen molar-refractivity contribution in [2.45, 2.75) is 18.6 Å². The first kappa shape index (κ1) is 13.1. The number of benzene rings is 1. The number of hydrogen-bond acceptors (Lipinski definition) is 3. The van der Waals surface area contributed by atoms with Gasteiger partial charge in [-0.2, -0.15) is 0 Å². The van der Waals surface area contributed by atoms with Crippen LogP contribution in [0.4, 0.5) is 0 Å². The van der Waals surface area contributed by atoms with Gasteiger partial charge < -0.3 is 15.0 Å². The van der Waals surface area contributed by atoms with E-state index in [1.165, 1.54) is 0 Å². The third-order valence-electron chi connectivity index (χ3n) is 3.46. The Hall–Kier alpha value is -1.39. The van der Waals surface area contributed by atoms with E-state index in [9.17, 15) is 4.79 Å². The molecule has 0 spiro atoms. The van der Waals surface area contributed by atoms with E-state index >= 15 is 0 Å². The molecule has 1 N–H and O–H groups in total. The number of nitrogens with zero attached hydrogens (tertiary/aromatic N) is 1. The van der Waals surface area contributed by atoms with Gasteiger partial charge in [-0.1, -0.05) is 30.3 Å². The van der Waals surface area contributed by atoms with Gasteiger partial charge in [-0.15, -0.1) is 0 Å². The summed E-state index contributed by atoms with van der Waals surface area (Å²) in [6, 6.07) is 9.55. The Morgan fingerprint density at radius 3 is 2.72 bits per heavy atom. The van der Waals surface area contributed by atoms with Crippen molar-refractivity contribution in [3.05, 3.63) is 35.9 Å². The molecule has 4 heteroatoms. The Morgan fingerprint density at radius 1 is 1.44 bits per heavy atom. The molecule has 1 saturated heterocycles. The molecule has 0 saturated carbocycles. The third-order valence-corrected chi connectivity index (χ3v) is 3.46. The number of likely N-dealkylation sites (N-methyl/N-ethyl adjacent to an activating group) is 1. The van der Waals surface area contributed by atoms with Crippen molar-refractivity contribution in [3.63, 3.8) is 0 Å². The summed E-state index contributed by atoms with van der Waals surface area (Å²) in [6.45, 7) is 1.47. The summed E-state index contributed by atoms with van der Waals surface area (Å²) in [5.74, 6) is 0.128. The lowest BCUT2D eigenvalue weighted by atomic mass is 10.1. The van der Waals surface area contributed by atoms with Gasteiger partial charge in [0.2, 0.25) is 5.91 Å². The number of nitrogens with one attached hydrogen (secondary N) is 1. The Balaban J connectivity index is 2.07. The zero-order chi connectivity index (χ0) is 13.0. The van der Waals surface area contributed by atoms with Crippen LogP contribution in [0.1, 0.15) is 18.0 Å². The lowest BCUT2D eigenvalue weighted by Crippen LogP contribution is -2.39. The van der Waals surface area contributed by atoms with E-state index in [0.29, 0.717) is 6.54 Å². The number of methoxy groups -OCH3 is 1. The van der Waals surface area contributed by atoms with Gasteiger partial charge in [0.1, 0.15) is 6.04 Å². The molecule has 2 rings (SSSR count). The molecule has 0 aromatic heterocycles. The number of hydrogen-bond donors (Lipinski definition) is 1. The quantitative estimate of drug-likeness (QED) is 0.870. The molecule has 1 aliphatic rings. The summed E-state index contributed by atoms with van der Waals surface area (Å²) in [4.78, 5) is 14.3. The van der Waals surface area contributed by atoms with Gasteiger partial charge in [0.25, 0.3) is 0 Å². The van der Waals surface area contributed by atoms with Crippen molar-refractivity contribution in [2.75, 3.05) is 27.2 Å². The van der Waals surface area contributed by atoms with Gasteiger partial charge >= 0.3 is 0 Å². The Bertz CT molecular complexity index is 394. The monoisotopic (exact) mass is 248 g/mol. The average Bonchev–Trinajstić information content (AvgIpc) is 2.89. The topological polar surface area (TPSA) is 41.6 Å². The molecule has 1 aromatic rings. The fraction of sp³-hybridized carbons (Fsp3) is 0.500. The summed E-state index contributed by atoms with van der Waals surface area (Å²) < 4.78 is 5.30. The summed E-state index contributed by atoms with van der Waals surface area (Å²) >= 11 is 0. The minimum absolute atomic E-state index is 0.128. The number of likely N-dealkylation sites (tertiary alicyclic amines) is 1. The highest BCUT2D eigenvalue weighted by molar-refractivity contribution is 5.83. The van der Waals surface area contributed by atoms with Crippen molar-refractivity contribution in [3.8, 4) is 0 Å². The van der Waals surface area contributed by atoms with Crippen LogP contribution in [0.5, 0.6) is 0 Å². The lowest BCUT2D eigenvalue weighted by Gasteiger charge is -2.23. The van der Waals surface area contributed by atoms with Crippen molar-refractivity contribution in [1.29, 1.82) is 0 Å². The molecule has 1 heterocycles. The Labute approximate surface area is 108 Å². The summed E-state index contributed by atoms with van der Waals surface area (Å²) in [5, 5.41) is 3.10. The van der Waals surface area contributed by atoms with Crippen molar-refractivity contribution in [2.24, 2.45) is 0 Å². The minimum atomic E-state index is -0.262. The fourth-order valence-electron chi connectivity index (χ4n) is 2.38. The molecule has 0 aliphatic carbocycles. The van der Waals surface area contributed by atoms with E-state index in [0.717, 1.165) is 18.5 Å². The second-order valence-corrected chi connectivity index (χ2v) is 4.56. The molecule has 98 valence electrons. The van der Waals surface area contributed by atoms with E-state index in [1.54, 1.807) is 7.11 Å². The summed E-state index contributed by atoms with van der Waals surface area (Å²) in [7, 11) is 3.52.